The van der Waals surface area contributed by atoms with Gasteiger partial charge in [0.15, 0.2) is 0 Å². The molecule has 2 unspecified atom stereocenters. The summed E-state index contributed by atoms with van der Waals surface area (Å²) in [5.74, 6) is 0. The fourth-order valence-corrected chi connectivity index (χ4v) is 1.89. The third-order valence-corrected chi connectivity index (χ3v) is 2.87. The number of ether oxygens (including phenoxy) is 1. The van der Waals surface area contributed by atoms with E-state index in [1.54, 1.807) is 0 Å². The van der Waals surface area contributed by atoms with Crippen molar-refractivity contribution in [1.82, 2.24) is 5.32 Å². The summed E-state index contributed by atoms with van der Waals surface area (Å²) < 4.78 is 5.50. The van der Waals surface area contributed by atoms with Gasteiger partial charge in [-0.05, 0) is 19.3 Å². The molecule has 0 aromatic rings. The molecule has 3 heteroatoms. The van der Waals surface area contributed by atoms with Gasteiger partial charge >= 0.3 is 0 Å². The highest BCUT2D eigenvalue weighted by Gasteiger charge is 2.16. The molecule has 1 N–H and O–H groups in total. The molecule has 86 valence electrons. The lowest BCUT2D eigenvalue weighted by Gasteiger charge is -2.14. The predicted molar refractivity (Wildman–Crippen MR) is 60.5 cm³/mol. The largest absolute Gasteiger partial charge is 0.377 e. The maximum Gasteiger partial charge on any atom is 0.0953 e. The summed E-state index contributed by atoms with van der Waals surface area (Å²) in [6.07, 6.45) is 7.19. The Morgan fingerprint density at radius 3 is 3.00 bits per heavy atom. The molecule has 0 bridgehead atoms. The van der Waals surface area contributed by atoms with E-state index in [0.717, 1.165) is 32.4 Å². The van der Waals surface area contributed by atoms with Gasteiger partial charge in [0.1, 0.15) is 0 Å². The van der Waals surface area contributed by atoms with Crippen molar-refractivity contribution in [3.8, 4) is 6.07 Å². The number of hydrogen-bond donors (Lipinski definition) is 1. The highest BCUT2D eigenvalue weighted by atomic mass is 16.5. The molecule has 1 rings (SSSR count). The SMILES string of the molecule is CCCCCC(C#N)NCC1CCCO1. The van der Waals surface area contributed by atoms with Gasteiger partial charge in [-0.3, -0.25) is 5.32 Å². The fraction of sp³-hybridized carbons (Fsp3) is 0.917. The summed E-state index contributed by atoms with van der Waals surface area (Å²) in [7, 11) is 0. The second kappa shape index (κ2) is 7.67. The highest BCUT2D eigenvalue weighted by molar-refractivity contribution is 4.90. The van der Waals surface area contributed by atoms with Crippen LogP contribution in [0.1, 0.15) is 45.4 Å². The Morgan fingerprint density at radius 2 is 2.40 bits per heavy atom. The minimum Gasteiger partial charge on any atom is -0.377 e. The van der Waals surface area contributed by atoms with Crippen molar-refractivity contribution in [3.63, 3.8) is 0 Å². The molecule has 3 nitrogen and oxygen atoms in total. The van der Waals surface area contributed by atoms with Crippen LogP contribution < -0.4 is 5.32 Å². The highest BCUT2D eigenvalue weighted by Crippen LogP contribution is 2.11. The molecule has 15 heavy (non-hydrogen) atoms. The van der Waals surface area contributed by atoms with Crippen molar-refractivity contribution >= 4 is 0 Å². The fourth-order valence-electron chi connectivity index (χ4n) is 1.89. The summed E-state index contributed by atoms with van der Waals surface area (Å²) in [5.41, 5.74) is 0. The standard InChI is InChI=1S/C12H22N2O/c1-2-3-4-6-11(9-13)14-10-12-7-5-8-15-12/h11-12,14H,2-8,10H2,1H3. The summed E-state index contributed by atoms with van der Waals surface area (Å²) in [6.45, 7) is 3.91. The topological polar surface area (TPSA) is 45.0 Å². The van der Waals surface area contributed by atoms with E-state index in [9.17, 15) is 0 Å². The monoisotopic (exact) mass is 210 g/mol. The van der Waals surface area contributed by atoms with Crippen LogP contribution in [0.2, 0.25) is 0 Å². The molecular weight excluding hydrogens is 188 g/mol. The van der Waals surface area contributed by atoms with Crippen molar-refractivity contribution in [2.75, 3.05) is 13.2 Å². The zero-order valence-corrected chi connectivity index (χ0v) is 9.67. The van der Waals surface area contributed by atoms with E-state index in [4.69, 9.17) is 10.00 Å². The van der Waals surface area contributed by atoms with Crippen LogP contribution in [-0.2, 0) is 4.74 Å². The molecule has 0 saturated carbocycles. The van der Waals surface area contributed by atoms with Gasteiger partial charge in [-0.25, -0.2) is 0 Å². The molecule has 2 atom stereocenters. The minimum atomic E-state index is 0.0146. The maximum absolute atomic E-state index is 8.95. The molecule has 1 fully saturated rings. The van der Waals surface area contributed by atoms with Gasteiger partial charge in [-0.2, -0.15) is 5.26 Å². The van der Waals surface area contributed by atoms with Gasteiger partial charge < -0.3 is 4.74 Å². The molecule has 0 spiro atoms. The number of unbranched alkanes of at least 4 members (excludes halogenated alkanes) is 2. The van der Waals surface area contributed by atoms with E-state index in [1.165, 1.54) is 19.3 Å². The van der Waals surface area contributed by atoms with Gasteiger partial charge in [0.25, 0.3) is 0 Å². The predicted octanol–water partition coefficient (Wildman–Crippen LogP) is 2.23. The normalized spacial score (nSPS) is 22.5. The smallest absolute Gasteiger partial charge is 0.0953 e. The van der Waals surface area contributed by atoms with Crippen molar-refractivity contribution in [3.05, 3.63) is 0 Å². The third-order valence-electron chi connectivity index (χ3n) is 2.87. The van der Waals surface area contributed by atoms with Crippen LogP contribution in [0, 0.1) is 11.3 Å². The number of nitrogens with one attached hydrogen (secondary N) is 1. The minimum absolute atomic E-state index is 0.0146. The van der Waals surface area contributed by atoms with E-state index in [1.807, 2.05) is 0 Å². The average Bonchev–Trinajstić information content (AvgIpc) is 2.76. The quantitative estimate of drug-likeness (QED) is 0.655. The lowest BCUT2D eigenvalue weighted by atomic mass is 10.1. The summed E-state index contributed by atoms with van der Waals surface area (Å²) >= 11 is 0. The molecule has 0 aromatic carbocycles. The molecule has 0 aliphatic carbocycles. The molecule has 1 saturated heterocycles. The number of nitriles is 1. The molecule has 0 amide bonds. The molecule has 0 aromatic heterocycles. The Labute approximate surface area is 92.8 Å². The first-order valence-corrected chi connectivity index (χ1v) is 6.11. The number of hydrogen-bond acceptors (Lipinski definition) is 3. The van der Waals surface area contributed by atoms with E-state index >= 15 is 0 Å². The second-order valence-electron chi connectivity index (χ2n) is 4.22. The van der Waals surface area contributed by atoms with Gasteiger partial charge in [-0.15, -0.1) is 0 Å². The summed E-state index contributed by atoms with van der Waals surface area (Å²) in [5, 5.41) is 12.2. The zero-order chi connectivity index (χ0) is 10.9. The van der Waals surface area contributed by atoms with Crippen LogP contribution in [0.25, 0.3) is 0 Å². The van der Waals surface area contributed by atoms with Crippen LogP contribution >= 0.6 is 0 Å². The van der Waals surface area contributed by atoms with Crippen LogP contribution in [0.5, 0.6) is 0 Å². The Hall–Kier alpha value is -0.590. The van der Waals surface area contributed by atoms with Crippen molar-refractivity contribution < 1.29 is 4.74 Å². The van der Waals surface area contributed by atoms with E-state index in [-0.39, 0.29) is 6.04 Å². The van der Waals surface area contributed by atoms with Crippen LogP contribution in [0.4, 0.5) is 0 Å². The summed E-state index contributed by atoms with van der Waals surface area (Å²) in [6, 6.07) is 2.33. The summed E-state index contributed by atoms with van der Waals surface area (Å²) in [4.78, 5) is 0. The Bertz CT molecular complexity index is 194. The van der Waals surface area contributed by atoms with E-state index in [0.29, 0.717) is 6.10 Å². The first-order chi connectivity index (χ1) is 7.36. The van der Waals surface area contributed by atoms with Crippen LogP contribution in [0.15, 0.2) is 0 Å². The van der Waals surface area contributed by atoms with Gasteiger partial charge in [0.05, 0.1) is 18.2 Å². The Kier molecular flexibility index (Phi) is 6.38. The van der Waals surface area contributed by atoms with Gasteiger partial charge in [-0.1, -0.05) is 26.2 Å². The van der Waals surface area contributed by atoms with Gasteiger partial charge in [0.2, 0.25) is 0 Å². The van der Waals surface area contributed by atoms with Crippen molar-refractivity contribution in [1.29, 1.82) is 5.26 Å². The van der Waals surface area contributed by atoms with Crippen LogP contribution in [0.3, 0.4) is 0 Å². The average molecular weight is 210 g/mol. The van der Waals surface area contributed by atoms with E-state index < -0.39 is 0 Å². The molecule has 1 aliphatic rings. The molecular formula is C12H22N2O. The Balaban J connectivity index is 2.07. The maximum atomic E-state index is 8.95. The second-order valence-corrected chi connectivity index (χ2v) is 4.22. The molecule has 1 heterocycles. The lowest BCUT2D eigenvalue weighted by Crippen LogP contribution is -2.34. The Morgan fingerprint density at radius 1 is 1.53 bits per heavy atom. The van der Waals surface area contributed by atoms with Crippen LogP contribution in [-0.4, -0.2) is 25.3 Å². The first-order valence-electron chi connectivity index (χ1n) is 6.11. The number of nitrogens with zero attached hydrogens (tertiary/aromatic N) is 1. The number of rotatable bonds is 7. The van der Waals surface area contributed by atoms with E-state index in [2.05, 4.69) is 18.3 Å². The zero-order valence-electron chi connectivity index (χ0n) is 9.67. The first kappa shape index (κ1) is 12.5. The van der Waals surface area contributed by atoms with Gasteiger partial charge in [0, 0.05) is 13.2 Å². The third kappa shape index (κ3) is 5.15. The molecule has 0 radical (unpaired) electrons. The lowest BCUT2D eigenvalue weighted by molar-refractivity contribution is 0.108. The molecule has 1 aliphatic heterocycles. The van der Waals surface area contributed by atoms with Crippen molar-refractivity contribution in [2.45, 2.75) is 57.6 Å². The van der Waals surface area contributed by atoms with Crippen molar-refractivity contribution in [2.24, 2.45) is 0 Å².